The molecule has 0 saturated carbocycles. The van der Waals surface area contributed by atoms with Crippen LogP contribution >= 0.6 is 11.8 Å². The Morgan fingerprint density at radius 3 is 2.96 bits per heavy atom. The van der Waals surface area contributed by atoms with Crippen molar-refractivity contribution in [3.05, 3.63) is 61.1 Å². The highest BCUT2D eigenvalue weighted by Gasteiger charge is 2.28. The second-order valence-electron chi connectivity index (χ2n) is 5.79. The predicted octanol–water partition coefficient (Wildman–Crippen LogP) is 3.78. The maximum absolute atomic E-state index is 12.4. The molecule has 0 fully saturated rings. The zero-order chi connectivity index (χ0) is 17.9. The molecule has 2 amide bonds. The van der Waals surface area contributed by atoms with Gasteiger partial charge < -0.3 is 15.1 Å². The number of nitrogens with zero attached hydrogens (tertiary/aromatic N) is 1. The molecule has 26 heavy (non-hydrogen) atoms. The lowest BCUT2D eigenvalue weighted by Crippen LogP contribution is -2.32. The number of hydrogen-bond donors (Lipinski definition) is 2. The highest BCUT2D eigenvalue weighted by atomic mass is 32.2. The minimum atomic E-state index is -0.456. The molecule has 0 spiro atoms. The fraction of sp³-hybridized carbons (Fsp3) is 0.105. The van der Waals surface area contributed by atoms with E-state index in [1.807, 2.05) is 42.5 Å². The van der Waals surface area contributed by atoms with Crippen LogP contribution in [0.1, 0.15) is 6.42 Å². The van der Waals surface area contributed by atoms with E-state index in [0.717, 1.165) is 16.1 Å². The maximum atomic E-state index is 12.4. The lowest BCUT2D eigenvalue weighted by molar-refractivity contribution is -0.120. The standard InChI is InChI=1S/C19H15N3O3S/c23-18(9-17-19(24)22-14-6-1-2-7-16(14)26-17)21-13-5-3-4-12(8-13)15-10-20-11-25-15/h1-8,10-11,17H,9H2,(H,21,23)(H,22,24). The van der Waals surface area contributed by atoms with Crippen LogP contribution in [0.2, 0.25) is 0 Å². The number of anilines is 2. The van der Waals surface area contributed by atoms with Gasteiger partial charge in [-0.25, -0.2) is 4.98 Å². The van der Waals surface area contributed by atoms with Gasteiger partial charge in [0.05, 0.1) is 17.1 Å². The minimum Gasteiger partial charge on any atom is -0.444 e. The Bertz CT molecular complexity index is 956. The van der Waals surface area contributed by atoms with Crippen molar-refractivity contribution in [2.75, 3.05) is 10.6 Å². The van der Waals surface area contributed by atoms with Gasteiger partial charge in [-0.3, -0.25) is 9.59 Å². The van der Waals surface area contributed by atoms with Crippen molar-refractivity contribution in [2.24, 2.45) is 0 Å². The number of thioether (sulfide) groups is 1. The van der Waals surface area contributed by atoms with E-state index in [9.17, 15) is 9.59 Å². The average Bonchev–Trinajstić information content (AvgIpc) is 3.17. The molecular weight excluding hydrogens is 350 g/mol. The van der Waals surface area contributed by atoms with Crippen LogP contribution in [0.25, 0.3) is 11.3 Å². The van der Waals surface area contributed by atoms with Crippen LogP contribution in [-0.4, -0.2) is 22.0 Å². The number of hydrogen-bond acceptors (Lipinski definition) is 5. The van der Waals surface area contributed by atoms with E-state index in [4.69, 9.17) is 4.42 Å². The summed E-state index contributed by atoms with van der Waals surface area (Å²) < 4.78 is 5.27. The molecule has 2 heterocycles. The highest BCUT2D eigenvalue weighted by molar-refractivity contribution is 8.01. The summed E-state index contributed by atoms with van der Waals surface area (Å²) in [5, 5.41) is 5.23. The summed E-state index contributed by atoms with van der Waals surface area (Å²) >= 11 is 1.41. The van der Waals surface area contributed by atoms with E-state index < -0.39 is 5.25 Å². The van der Waals surface area contributed by atoms with Crippen LogP contribution in [0.4, 0.5) is 11.4 Å². The number of oxazole rings is 1. The highest BCUT2D eigenvalue weighted by Crippen LogP contribution is 2.36. The molecule has 3 aromatic rings. The maximum Gasteiger partial charge on any atom is 0.238 e. The largest absolute Gasteiger partial charge is 0.444 e. The van der Waals surface area contributed by atoms with E-state index in [-0.39, 0.29) is 18.2 Å². The van der Waals surface area contributed by atoms with Gasteiger partial charge >= 0.3 is 0 Å². The van der Waals surface area contributed by atoms with Gasteiger partial charge in [0.1, 0.15) is 0 Å². The first-order chi connectivity index (χ1) is 12.7. The van der Waals surface area contributed by atoms with Crippen LogP contribution < -0.4 is 10.6 Å². The number of rotatable bonds is 4. The summed E-state index contributed by atoms with van der Waals surface area (Å²) in [6.07, 6.45) is 3.07. The first-order valence-electron chi connectivity index (χ1n) is 8.04. The van der Waals surface area contributed by atoms with Crippen molar-refractivity contribution in [3.63, 3.8) is 0 Å². The normalized spacial score (nSPS) is 15.8. The van der Waals surface area contributed by atoms with Crippen LogP contribution in [0.5, 0.6) is 0 Å². The third-order valence-electron chi connectivity index (χ3n) is 3.94. The minimum absolute atomic E-state index is 0.0946. The Morgan fingerprint density at radius 2 is 2.12 bits per heavy atom. The smallest absolute Gasteiger partial charge is 0.238 e. The molecule has 0 aliphatic carbocycles. The molecule has 1 aliphatic heterocycles. The van der Waals surface area contributed by atoms with E-state index in [0.29, 0.717) is 11.4 Å². The number of amides is 2. The van der Waals surface area contributed by atoms with Crippen molar-refractivity contribution in [1.29, 1.82) is 0 Å². The lowest BCUT2D eigenvalue weighted by atomic mass is 10.1. The van der Waals surface area contributed by atoms with Gasteiger partial charge in [0, 0.05) is 22.6 Å². The Kier molecular flexibility index (Phi) is 4.45. The molecule has 1 atom stereocenters. The average molecular weight is 365 g/mol. The molecule has 7 heteroatoms. The Hall–Kier alpha value is -3.06. The van der Waals surface area contributed by atoms with Gasteiger partial charge in [0.2, 0.25) is 11.8 Å². The Morgan fingerprint density at radius 1 is 1.23 bits per heavy atom. The van der Waals surface area contributed by atoms with Crippen LogP contribution in [0, 0.1) is 0 Å². The van der Waals surface area contributed by atoms with Crippen LogP contribution in [-0.2, 0) is 9.59 Å². The molecule has 0 saturated heterocycles. The predicted molar refractivity (Wildman–Crippen MR) is 99.9 cm³/mol. The topological polar surface area (TPSA) is 84.2 Å². The van der Waals surface area contributed by atoms with Crippen LogP contribution in [0.3, 0.4) is 0 Å². The number of carbonyl (C=O) groups is 2. The van der Waals surface area contributed by atoms with Gasteiger partial charge in [-0.05, 0) is 24.3 Å². The van der Waals surface area contributed by atoms with Gasteiger partial charge in [-0.2, -0.15) is 0 Å². The van der Waals surface area contributed by atoms with Crippen molar-refractivity contribution >= 4 is 35.0 Å². The van der Waals surface area contributed by atoms with Gasteiger partial charge in [-0.15, -0.1) is 11.8 Å². The molecule has 0 bridgehead atoms. The molecule has 130 valence electrons. The summed E-state index contributed by atoms with van der Waals surface area (Å²) in [4.78, 5) is 29.5. The SMILES string of the molecule is O=C(CC1Sc2ccccc2NC1=O)Nc1cccc(-c2cnco2)c1. The zero-order valence-corrected chi connectivity index (χ0v) is 14.5. The van der Waals surface area contributed by atoms with E-state index in [2.05, 4.69) is 15.6 Å². The number of fused-ring (bicyclic) bond motifs is 1. The number of benzene rings is 2. The molecule has 1 unspecified atom stereocenters. The number of nitrogens with one attached hydrogen (secondary N) is 2. The summed E-state index contributed by atoms with van der Waals surface area (Å²) in [6.45, 7) is 0. The van der Waals surface area contributed by atoms with Crippen molar-refractivity contribution in [1.82, 2.24) is 4.98 Å². The quantitative estimate of drug-likeness (QED) is 0.735. The van der Waals surface area contributed by atoms with Gasteiger partial charge in [0.15, 0.2) is 12.2 Å². The molecule has 1 aliphatic rings. The molecule has 6 nitrogen and oxygen atoms in total. The summed E-state index contributed by atoms with van der Waals surface area (Å²) in [6, 6.07) is 14.9. The third kappa shape index (κ3) is 3.48. The Balaban J connectivity index is 1.43. The third-order valence-corrected chi connectivity index (χ3v) is 5.22. The van der Waals surface area contributed by atoms with E-state index in [1.165, 1.54) is 18.2 Å². The molecule has 0 radical (unpaired) electrons. The molecular formula is C19H15N3O3S. The molecule has 4 rings (SSSR count). The molecule has 1 aromatic heterocycles. The summed E-state index contributed by atoms with van der Waals surface area (Å²) in [7, 11) is 0. The van der Waals surface area contributed by atoms with Crippen LogP contribution in [0.15, 0.2) is 70.4 Å². The van der Waals surface area contributed by atoms with Gasteiger partial charge in [0.25, 0.3) is 0 Å². The number of aromatic nitrogens is 1. The Labute approximate surface area is 154 Å². The van der Waals surface area contributed by atoms with Crippen molar-refractivity contribution in [3.8, 4) is 11.3 Å². The monoisotopic (exact) mass is 365 g/mol. The van der Waals surface area contributed by atoms with Crippen molar-refractivity contribution < 1.29 is 14.0 Å². The van der Waals surface area contributed by atoms with Gasteiger partial charge in [-0.1, -0.05) is 24.3 Å². The number of para-hydroxylation sites is 1. The van der Waals surface area contributed by atoms with E-state index >= 15 is 0 Å². The first-order valence-corrected chi connectivity index (χ1v) is 8.92. The molecule has 2 aromatic carbocycles. The zero-order valence-electron chi connectivity index (χ0n) is 13.6. The lowest BCUT2D eigenvalue weighted by Gasteiger charge is -2.23. The summed E-state index contributed by atoms with van der Waals surface area (Å²) in [5.74, 6) is 0.255. The summed E-state index contributed by atoms with van der Waals surface area (Å²) in [5.41, 5.74) is 2.25. The fourth-order valence-corrected chi connectivity index (χ4v) is 3.83. The molecule has 2 N–H and O–H groups in total. The number of carbonyl (C=O) groups excluding carboxylic acids is 2. The fourth-order valence-electron chi connectivity index (χ4n) is 2.72. The van der Waals surface area contributed by atoms with E-state index in [1.54, 1.807) is 12.3 Å². The second kappa shape index (κ2) is 7.05. The first kappa shape index (κ1) is 16.4. The van der Waals surface area contributed by atoms with Crippen molar-refractivity contribution in [2.45, 2.75) is 16.6 Å². The second-order valence-corrected chi connectivity index (χ2v) is 7.04.